The van der Waals surface area contributed by atoms with Crippen molar-refractivity contribution >= 4 is 17.6 Å². The van der Waals surface area contributed by atoms with Crippen molar-refractivity contribution in [2.75, 3.05) is 20.6 Å². The molecule has 3 rings (SSSR count). The molecule has 140 valence electrons. The van der Waals surface area contributed by atoms with Crippen LogP contribution in [0.3, 0.4) is 0 Å². The van der Waals surface area contributed by atoms with Crippen LogP contribution >= 0.6 is 0 Å². The number of carboxylic acids is 1. The van der Waals surface area contributed by atoms with Crippen LogP contribution in [0.2, 0.25) is 0 Å². The number of carboxylic acid groups (broad SMARTS) is 1. The Balaban J connectivity index is 1.98. The van der Waals surface area contributed by atoms with Crippen molar-refractivity contribution in [3.8, 4) is 5.75 Å². The van der Waals surface area contributed by atoms with Gasteiger partial charge in [0.1, 0.15) is 5.75 Å². The molecule has 2 N–H and O–H groups in total. The van der Waals surface area contributed by atoms with E-state index >= 15 is 0 Å². The lowest BCUT2D eigenvalue weighted by Gasteiger charge is -2.28. The molecule has 1 unspecified atom stereocenters. The number of aromatic hydroxyl groups is 1. The molecule has 0 amide bonds. The quantitative estimate of drug-likeness (QED) is 0.819. The number of rotatable bonds is 5. The second-order valence-corrected chi connectivity index (χ2v) is 7.30. The van der Waals surface area contributed by atoms with E-state index in [0.29, 0.717) is 11.5 Å². The van der Waals surface area contributed by atoms with Gasteiger partial charge in [-0.3, -0.25) is 0 Å². The van der Waals surface area contributed by atoms with Gasteiger partial charge in [0.05, 0.1) is 5.56 Å². The first-order valence-electron chi connectivity index (χ1n) is 9.12. The van der Waals surface area contributed by atoms with Crippen molar-refractivity contribution in [3.63, 3.8) is 0 Å². The summed E-state index contributed by atoms with van der Waals surface area (Å²) in [7, 11) is 4.14. The van der Waals surface area contributed by atoms with Gasteiger partial charge in [0.15, 0.2) is 0 Å². The monoisotopic (exact) mass is 363 g/mol. The highest BCUT2D eigenvalue weighted by Gasteiger charge is 2.22. The van der Waals surface area contributed by atoms with Crippen molar-refractivity contribution in [2.24, 2.45) is 5.92 Å². The molecule has 1 aliphatic carbocycles. The van der Waals surface area contributed by atoms with Crippen molar-refractivity contribution in [2.45, 2.75) is 12.8 Å². The molecule has 2 aromatic rings. The average Bonchev–Trinajstić information content (AvgIpc) is 2.63. The van der Waals surface area contributed by atoms with Gasteiger partial charge in [-0.1, -0.05) is 36.4 Å². The number of carbonyl (C=O) groups is 1. The van der Waals surface area contributed by atoms with Crippen molar-refractivity contribution in [3.05, 3.63) is 76.9 Å². The molecular weight excluding hydrogens is 338 g/mol. The first-order chi connectivity index (χ1) is 12.9. The third-order valence-corrected chi connectivity index (χ3v) is 4.81. The van der Waals surface area contributed by atoms with E-state index < -0.39 is 5.97 Å². The molecule has 0 heterocycles. The summed E-state index contributed by atoms with van der Waals surface area (Å²) in [5.74, 6) is -0.257. The standard InChI is InChI=1S/C23H25NO3/c1-24(2)15-20-10-9-17(11-16-5-3-7-19(12-16)23(26)27)13-22(20)18-6-4-8-21(25)14-18/h3-8,11-14,20,25H,9-10,15H2,1-2H3,(H,26,27)/b17-11-. The molecule has 0 aromatic heterocycles. The summed E-state index contributed by atoms with van der Waals surface area (Å²) in [6.45, 7) is 0.948. The van der Waals surface area contributed by atoms with E-state index in [2.05, 4.69) is 31.1 Å². The van der Waals surface area contributed by atoms with Crippen molar-refractivity contribution in [1.29, 1.82) is 0 Å². The Hall–Kier alpha value is -2.85. The maximum atomic E-state index is 11.2. The first kappa shape index (κ1) is 18.9. The van der Waals surface area contributed by atoms with Gasteiger partial charge in [-0.2, -0.15) is 0 Å². The molecule has 0 bridgehead atoms. The summed E-state index contributed by atoms with van der Waals surface area (Å²) in [6, 6.07) is 14.4. The number of aromatic carboxylic acids is 1. The Kier molecular flexibility index (Phi) is 5.77. The summed E-state index contributed by atoms with van der Waals surface area (Å²) < 4.78 is 0. The Morgan fingerprint density at radius 2 is 1.96 bits per heavy atom. The highest BCUT2D eigenvalue weighted by atomic mass is 16.4. The highest BCUT2D eigenvalue weighted by molar-refractivity contribution is 5.88. The van der Waals surface area contributed by atoms with Gasteiger partial charge in [-0.15, -0.1) is 0 Å². The van der Waals surface area contributed by atoms with E-state index in [1.54, 1.807) is 24.3 Å². The molecule has 0 saturated heterocycles. The van der Waals surface area contributed by atoms with Crippen LogP contribution in [0.15, 0.2) is 60.2 Å². The number of hydrogen-bond acceptors (Lipinski definition) is 3. The predicted octanol–water partition coefficient (Wildman–Crippen LogP) is 4.53. The third kappa shape index (κ3) is 4.86. The minimum atomic E-state index is -0.916. The predicted molar refractivity (Wildman–Crippen MR) is 109 cm³/mol. The SMILES string of the molecule is CN(C)CC1CC/C(=C/c2cccc(C(=O)O)c2)C=C1c1cccc(O)c1. The van der Waals surface area contributed by atoms with Crippen LogP contribution < -0.4 is 0 Å². The zero-order valence-corrected chi connectivity index (χ0v) is 15.7. The lowest BCUT2D eigenvalue weighted by molar-refractivity contribution is 0.0697. The van der Waals surface area contributed by atoms with Crippen molar-refractivity contribution < 1.29 is 15.0 Å². The fourth-order valence-electron chi connectivity index (χ4n) is 3.61. The Morgan fingerprint density at radius 1 is 1.19 bits per heavy atom. The third-order valence-electron chi connectivity index (χ3n) is 4.81. The van der Waals surface area contributed by atoms with E-state index in [1.807, 2.05) is 24.3 Å². The molecule has 0 aliphatic heterocycles. The average molecular weight is 363 g/mol. The summed E-state index contributed by atoms with van der Waals surface area (Å²) in [4.78, 5) is 13.4. The van der Waals surface area contributed by atoms with Gasteiger partial charge in [-0.05, 0) is 79.4 Å². The zero-order valence-electron chi connectivity index (χ0n) is 15.7. The number of phenolic OH excluding ortho intramolecular Hbond substituents is 1. The minimum Gasteiger partial charge on any atom is -0.508 e. The molecule has 0 radical (unpaired) electrons. The zero-order chi connectivity index (χ0) is 19.4. The van der Waals surface area contributed by atoms with Gasteiger partial charge < -0.3 is 15.1 Å². The maximum Gasteiger partial charge on any atom is 0.335 e. The molecular formula is C23H25NO3. The molecule has 2 aromatic carbocycles. The second kappa shape index (κ2) is 8.23. The topological polar surface area (TPSA) is 60.8 Å². The van der Waals surface area contributed by atoms with E-state index in [1.165, 1.54) is 11.1 Å². The van der Waals surface area contributed by atoms with Crippen LogP contribution in [0.5, 0.6) is 5.75 Å². The largest absolute Gasteiger partial charge is 0.508 e. The van der Waals surface area contributed by atoms with Crippen LogP contribution in [-0.4, -0.2) is 41.7 Å². The number of benzene rings is 2. The Labute approximate surface area is 160 Å². The molecule has 1 atom stereocenters. The minimum absolute atomic E-state index is 0.266. The molecule has 4 heteroatoms. The molecule has 0 saturated carbocycles. The maximum absolute atomic E-state index is 11.2. The Morgan fingerprint density at radius 3 is 2.67 bits per heavy atom. The smallest absolute Gasteiger partial charge is 0.335 e. The van der Waals surface area contributed by atoms with E-state index in [4.69, 9.17) is 0 Å². The van der Waals surface area contributed by atoms with E-state index in [9.17, 15) is 15.0 Å². The number of allylic oxidation sites excluding steroid dienone is 2. The first-order valence-corrected chi connectivity index (χ1v) is 9.12. The molecule has 27 heavy (non-hydrogen) atoms. The van der Waals surface area contributed by atoms with Crippen LogP contribution in [0.25, 0.3) is 11.6 Å². The summed E-state index contributed by atoms with van der Waals surface area (Å²) in [5, 5.41) is 19.1. The molecule has 4 nitrogen and oxygen atoms in total. The number of nitrogens with zero attached hydrogens (tertiary/aromatic N) is 1. The van der Waals surface area contributed by atoms with Gasteiger partial charge in [0, 0.05) is 6.54 Å². The number of hydrogen-bond donors (Lipinski definition) is 2. The van der Waals surface area contributed by atoms with E-state index in [0.717, 1.165) is 30.5 Å². The van der Waals surface area contributed by atoms with Gasteiger partial charge in [0.2, 0.25) is 0 Å². The van der Waals surface area contributed by atoms with Crippen LogP contribution in [-0.2, 0) is 0 Å². The molecule has 1 aliphatic rings. The molecule has 0 spiro atoms. The number of phenols is 1. The van der Waals surface area contributed by atoms with Gasteiger partial charge in [0.25, 0.3) is 0 Å². The van der Waals surface area contributed by atoms with E-state index in [-0.39, 0.29) is 5.75 Å². The summed E-state index contributed by atoms with van der Waals surface area (Å²) >= 11 is 0. The van der Waals surface area contributed by atoms with Gasteiger partial charge >= 0.3 is 5.97 Å². The van der Waals surface area contributed by atoms with Crippen LogP contribution in [0, 0.1) is 5.92 Å². The normalized spacial score (nSPS) is 18.6. The fraction of sp³-hybridized carbons (Fsp3) is 0.261. The Bertz CT molecular complexity index is 896. The second-order valence-electron chi connectivity index (χ2n) is 7.30. The molecule has 0 fully saturated rings. The lowest BCUT2D eigenvalue weighted by Crippen LogP contribution is -2.24. The van der Waals surface area contributed by atoms with Crippen molar-refractivity contribution in [1.82, 2.24) is 4.90 Å². The fourth-order valence-corrected chi connectivity index (χ4v) is 3.61. The lowest BCUT2D eigenvalue weighted by atomic mass is 9.81. The highest BCUT2D eigenvalue weighted by Crippen LogP contribution is 2.36. The van der Waals surface area contributed by atoms with Gasteiger partial charge in [-0.25, -0.2) is 4.79 Å². The summed E-state index contributed by atoms with van der Waals surface area (Å²) in [5.41, 5.74) is 4.61. The van der Waals surface area contributed by atoms with Crippen LogP contribution in [0.4, 0.5) is 0 Å². The summed E-state index contributed by atoms with van der Waals surface area (Å²) in [6.07, 6.45) is 6.21. The van der Waals surface area contributed by atoms with Crippen LogP contribution in [0.1, 0.15) is 34.3 Å².